The predicted molar refractivity (Wildman–Crippen MR) is 87.7 cm³/mol. The molecule has 0 saturated carbocycles. The normalized spacial score (nSPS) is 14.6. The summed E-state index contributed by atoms with van der Waals surface area (Å²) in [4.78, 5) is 24.0. The quantitative estimate of drug-likeness (QED) is 0.791. The van der Waals surface area contributed by atoms with Gasteiger partial charge in [0.15, 0.2) is 11.5 Å². The Morgan fingerprint density at radius 3 is 2.62 bits per heavy atom. The first kappa shape index (κ1) is 14.4. The van der Waals surface area contributed by atoms with Crippen molar-refractivity contribution in [2.45, 2.75) is 6.42 Å². The van der Waals surface area contributed by atoms with Crippen LogP contribution >= 0.6 is 0 Å². The van der Waals surface area contributed by atoms with E-state index in [1.165, 1.54) is 0 Å². The zero-order chi connectivity index (χ0) is 16.5. The molecule has 4 rings (SSSR count). The van der Waals surface area contributed by atoms with Gasteiger partial charge in [-0.25, -0.2) is 4.79 Å². The number of hydrogen-bond acceptors (Lipinski definition) is 4. The number of carbonyl (C=O) groups excluding carboxylic acids is 2. The first-order valence-electron chi connectivity index (χ1n) is 7.58. The molecule has 3 N–H and O–H groups in total. The lowest BCUT2D eigenvalue weighted by molar-refractivity contribution is 0.0946. The third-order valence-electron chi connectivity index (χ3n) is 3.92. The Morgan fingerprint density at radius 2 is 1.75 bits per heavy atom. The van der Waals surface area contributed by atoms with E-state index >= 15 is 0 Å². The summed E-state index contributed by atoms with van der Waals surface area (Å²) in [5, 5.41) is 8.24. The minimum Gasteiger partial charge on any atom is -0.454 e. The fourth-order valence-corrected chi connectivity index (χ4v) is 2.76. The second kappa shape index (κ2) is 5.77. The van der Waals surface area contributed by atoms with Gasteiger partial charge in [0.25, 0.3) is 5.91 Å². The van der Waals surface area contributed by atoms with Gasteiger partial charge in [0, 0.05) is 29.5 Å². The Hall–Kier alpha value is -3.22. The maximum Gasteiger partial charge on any atom is 0.323 e. The third kappa shape index (κ3) is 2.71. The second-order valence-corrected chi connectivity index (χ2v) is 5.52. The van der Waals surface area contributed by atoms with Gasteiger partial charge < -0.3 is 25.4 Å². The number of benzene rings is 2. The van der Waals surface area contributed by atoms with Gasteiger partial charge in [-0.2, -0.15) is 0 Å². The molecule has 0 aromatic heterocycles. The molecule has 0 unspecified atom stereocenters. The summed E-state index contributed by atoms with van der Waals surface area (Å²) in [5.74, 6) is 1.14. The minimum atomic E-state index is -0.398. The number of amides is 3. The molecule has 3 amide bonds. The van der Waals surface area contributed by atoms with E-state index in [0.717, 1.165) is 12.0 Å². The third-order valence-corrected chi connectivity index (χ3v) is 3.92. The molecule has 0 radical (unpaired) electrons. The molecule has 2 aliphatic heterocycles. The minimum absolute atomic E-state index is 0.115. The highest BCUT2D eigenvalue weighted by Gasteiger charge is 2.18. The van der Waals surface area contributed by atoms with E-state index in [-0.39, 0.29) is 12.7 Å². The molecule has 2 aromatic carbocycles. The summed E-state index contributed by atoms with van der Waals surface area (Å²) >= 11 is 0. The highest BCUT2D eigenvalue weighted by molar-refractivity contribution is 6.02. The molecule has 0 bridgehead atoms. The Balaban J connectivity index is 1.46. The summed E-state index contributed by atoms with van der Waals surface area (Å²) in [6.45, 7) is 0.825. The van der Waals surface area contributed by atoms with Gasteiger partial charge in [-0.1, -0.05) is 6.07 Å². The van der Waals surface area contributed by atoms with Crippen LogP contribution in [0.4, 0.5) is 16.2 Å². The molecule has 0 spiro atoms. The summed E-state index contributed by atoms with van der Waals surface area (Å²) in [5.41, 5.74) is 2.74. The van der Waals surface area contributed by atoms with E-state index in [0.29, 0.717) is 35.0 Å². The maximum absolute atomic E-state index is 12.1. The van der Waals surface area contributed by atoms with Crippen molar-refractivity contribution in [3.05, 3.63) is 47.5 Å². The van der Waals surface area contributed by atoms with Crippen LogP contribution < -0.4 is 25.4 Å². The lowest BCUT2D eigenvalue weighted by atomic mass is 10.00. The Morgan fingerprint density at radius 1 is 1.00 bits per heavy atom. The van der Waals surface area contributed by atoms with E-state index in [2.05, 4.69) is 16.0 Å². The molecule has 7 heteroatoms. The maximum atomic E-state index is 12.1. The Labute approximate surface area is 138 Å². The summed E-state index contributed by atoms with van der Waals surface area (Å²) in [7, 11) is 0. The van der Waals surface area contributed by atoms with Crippen LogP contribution in [0.1, 0.15) is 15.9 Å². The van der Waals surface area contributed by atoms with Gasteiger partial charge in [-0.05, 0) is 36.2 Å². The van der Waals surface area contributed by atoms with Gasteiger partial charge in [0.2, 0.25) is 6.79 Å². The zero-order valence-electron chi connectivity index (χ0n) is 12.7. The molecular weight excluding hydrogens is 310 g/mol. The van der Waals surface area contributed by atoms with Crippen molar-refractivity contribution in [3.63, 3.8) is 0 Å². The average Bonchev–Trinajstić information content (AvgIpc) is 3.03. The van der Waals surface area contributed by atoms with E-state index in [9.17, 15) is 9.59 Å². The van der Waals surface area contributed by atoms with Crippen LogP contribution in [-0.4, -0.2) is 25.3 Å². The molecule has 7 nitrogen and oxygen atoms in total. The standard InChI is InChI=1S/C17H15N3O4/c21-16-13-7-11(2-1-10(13)5-6-18-16)19-17(22)20-12-3-4-14-15(8-12)24-9-23-14/h1-4,7-8H,5-6,9H2,(H,18,21)(H2,19,20,22). The van der Waals surface area contributed by atoms with Gasteiger partial charge in [0.1, 0.15) is 0 Å². The number of ether oxygens (including phenoxy) is 2. The lowest BCUT2D eigenvalue weighted by Crippen LogP contribution is -2.32. The number of nitrogens with one attached hydrogen (secondary N) is 3. The number of rotatable bonds is 2. The highest BCUT2D eigenvalue weighted by atomic mass is 16.7. The Bertz CT molecular complexity index is 835. The van der Waals surface area contributed by atoms with E-state index < -0.39 is 6.03 Å². The summed E-state index contributed by atoms with van der Waals surface area (Å²) in [6.07, 6.45) is 0.796. The first-order valence-corrected chi connectivity index (χ1v) is 7.58. The van der Waals surface area contributed by atoms with E-state index in [1.54, 1.807) is 30.3 Å². The smallest absolute Gasteiger partial charge is 0.323 e. The van der Waals surface area contributed by atoms with Crippen LogP contribution in [0.15, 0.2) is 36.4 Å². The first-order chi connectivity index (χ1) is 11.7. The average molecular weight is 325 g/mol. The molecule has 2 heterocycles. The topological polar surface area (TPSA) is 88.7 Å². The Kier molecular flexibility index (Phi) is 3.45. The SMILES string of the molecule is O=C(Nc1ccc2c(c1)OCO2)Nc1ccc2c(c1)C(=O)NCC2. The lowest BCUT2D eigenvalue weighted by Gasteiger charge is -2.17. The molecule has 2 aliphatic rings. The van der Waals surface area contributed by atoms with Gasteiger partial charge >= 0.3 is 6.03 Å². The van der Waals surface area contributed by atoms with Crippen LogP contribution in [0.3, 0.4) is 0 Å². The van der Waals surface area contributed by atoms with Crippen molar-refractivity contribution in [1.29, 1.82) is 0 Å². The molecule has 122 valence electrons. The molecule has 2 aromatic rings. The van der Waals surface area contributed by atoms with Gasteiger partial charge in [-0.3, -0.25) is 4.79 Å². The molecule has 0 fully saturated rings. The van der Waals surface area contributed by atoms with Crippen LogP contribution in [0.25, 0.3) is 0 Å². The number of urea groups is 1. The van der Waals surface area contributed by atoms with Crippen LogP contribution in [0.2, 0.25) is 0 Å². The fourth-order valence-electron chi connectivity index (χ4n) is 2.76. The van der Waals surface area contributed by atoms with Crippen molar-refractivity contribution < 1.29 is 19.1 Å². The van der Waals surface area contributed by atoms with Crippen LogP contribution in [-0.2, 0) is 6.42 Å². The highest BCUT2D eigenvalue weighted by Crippen LogP contribution is 2.34. The van der Waals surface area contributed by atoms with Crippen molar-refractivity contribution in [3.8, 4) is 11.5 Å². The molecular formula is C17H15N3O4. The largest absolute Gasteiger partial charge is 0.454 e. The number of anilines is 2. The molecule has 24 heavy (non-hydrogen) atoms. The number of carbonyl (C=O) groups is 2. The monoisotopic (exact) mass is 325 g/mol. The van der Waals surface area contributed by atoms with Crippen molar-refractivity contribution >= 4 is 23.3 Å². The molecule has 0 aliphatic carbocycles. The van der Waals surface area contributed by atoms with Gasteiger partial charge in [0.05, 0.1) is 0 Å². The van der Waals surface area contributed by atoms with Crippen LogP contribution in [0, 0.1) is 0 Å². The van der Waals surface area contributed by atoms with Crippen molar-refractivity contribution in [2.24, 2.45) is 0 Å². The summed E-state index contributed by atoms with van der Waals surface area (Å²) in [6, 6.07) is 10.1. The fraction of sp³-hybridized carbons (Fsp3) is 0.176. The van der Waals surface area contributed by atoms with Gasteiger partial charge in [-0.15, -0.1) is 0 Å². The van der Waals surface area contributed by atoms with Crippen molar-refractivity contribution in [1.82, 2.24) is 5.32 Å². The van der Waals surface area contributed by atoms with E-state index in [4.69, 9.17) is 9.47 Å². The summed E-state index contributed by atoms with van der Waals surface area (Å²) < 4.78 is 10.5. The number of hydrogen-bond donors (Lipinski definition) is 3. The van der Waals surface area contributed by atoms with Crippen LogP contribution in [0.5, 0.6) is 11.5 Å². The zero-order valence-corrected chi connectivity index (χ0v) is 12.7. The second-order valence-electron chi connectivity index (χ2n) is 5.52. The number of fused-ring (bicyclic) bond motifs is 2. The van der Waals surface area contributed by atoms with E-state index in [1.807, 2.05) is 6.07 Å². The molecule has 0 saturated heterocycles. The van der Waals surface area contributed by atoms with Crippen molar-refractivity contribution in [2.75, 3.05) is 24.0 Å². The predicted octanol–water partition coefficient (Wildman–Crippen LogP) is 2.35. The molecule has 0 atom stereocenters.